The average molecular weight is 414 g/mol. The molecule has 2 amide bonds. The Labute approximate surface area is 176 Å². The van der Waals surface area contributed by atoms with Crippen LogP contribution in [0.3, 0.4) is 0 Å². The second-order valence-electron chi connectivity index (χ2n) is 7.77. The summed E-state index contributed by atoms with van der Waals surface area (Å²) in [6.45, 7) is 4.69. The lowest BCUT2D eigenvalue weighted by Gasteiger charge is -2.35. The van der Waals surface area contributed by atoms with Gasteiger partial charge < -0.3 is 15.5 Å². The zero-order valence-corrected chi connectivity index (χ0v) is 17.6. The van der Waals surface area contributed by atoms with Gasteiger partial charge in [0.05, 0.1) is 23.8 Å². The van der Waals surface area contributed by atoms with Gasteiger partial charge in [-0.3, -0.25) is 19.0 Å². The number of fused-ring (bicyclic) bond motifs is 1. The first-order valence-electron chi connectivity index (χ1n) is 10.8. The van der Waals surface area contributed by atoms with Gasteiger partial charge in [0.1, 0.15) is 6.54 Å². The Kier molecular flexibility index (Phi) is 7.96. The van der Waals surface area contributed by atoms with E-state index in [9.17, 15) is 14.4 Å². The molecule has 1 unspecified atom stereocenters. The Morgan fingerprint density at radius 1 is 1.17 bits per heavy atom. The quantitative estimate of drug-likeness (QED) is 0.604. The van der Waals surface area contributed by atoms with Crippen molar-refractivity contribution >= 4 is 22.7 Å². The fraction of sp³-hybridized carbons (Fsp3) is 0.545. The highest BCUT2D eigenvalue weighted by molar-refractivity contribution is 5.84. The molecule has 3 rings (SSSR count). The maximum Gasteiger partial charge on any atom is 0.261 e. The highest BCUT2D eigenvalue weighted by atomic mass is 16.2. The van der Waals surface area contributed by atoms with Crippen LogP contribution in [0.2, 0.25) is 0 Å². The third-order valence-electron chi connectivity index (χ3n) is 5.66. The van der Waals surface area contributed by atoms with Crippen molar-refractivity contribution in [2.45, 2.75) is 51.6 Å². The third kappa shape index (κ3) is 5.89. The molecule has 1 atom stereocenters. The molecule has 1 aliphatic heterocycles. The van der Waals surface area contributed by atoms with Gasteiger partial charge in [0.25, 0.3) is 5.56 Å². The highest BCUT2D eigenvalue weighted by Gasteiger charge is 2.19. The van der Waals surface area contributed by atoms with Crippen LogP contribution in [-0.4, -0.2) is 58.5 Å². The van der Waals surface area contributed by atoms with Gasteiger partial charge in [0.15, 0.2) is 0 Å². The standard InChI is InChI=1S/C22H31N5O3/c1-2-17-8-5-6-12-26(17)13-7-11-23-20(28)14-24-21(29)15-27-16-25-19-10-4-3-9-18(19)22(27)30/h3-4,9-10,16-17H,2,5-8,11-15H2,1H3,(H,23,28)(H,24,29). The van der Waals surface area contributed by atoms with Gasteiger partial charge in [-0.25, -0.2) is 4.98 Å². The minimum atomic E-state index is -0.400. The number of nitrogens with one attached hydrogen (secondary N) is 2. The van der Waals surface area contributed by atoms with Crippen LogP contribution in [0.15, 0.2) is 35.4 Å². The molecule has 2 heterocycles. The number of hydrogen-bond donors (Lipinski definition) is 2. The molecule has 2 N–H and O–H groups in total. The van der Waals surface area contributed by atoms with Gasteiger partial charge in [-0.2, -0.15) is 0 Å². The monoisotopic (exact) mass is 413 g/mol. The molecule has 1 fully saturated rings. The third-order valence-corrected chi connectivity index (χ3v) is 5.66. The van der Waals surface area contributed by atoms with Gasteiger partial charge in [-0.1, -0.05) is 25.5 Å². The zero-order valence-electron chi connectivity index (χ0n) is 17.6. The molecule has 0 radical (unpaired) electrons. The lowest BCUT2D eigenvalue weighted by molar-refractivity contribution is -0.126. The van der Waals surface area contributed by atoms with Crippen molar-refractivity contribution in [3.8, 4) is 0 Å². The van der Waals surface area contributed by atoms with Crippen molar-refractivity contribution in [3.63, 3.8) is 0 Å². The Bertz CT molecular complexity index is 926. The van der Waals surface area contributed by atoms with Gasteiger partial charge in [0, 0.05) is 19.1 Å². The molecule has 162 valence electrons. The van der Waals surface area contributed by atoms with Gasteiger partial charge in [-0.05, 0) is 44.4 Å². The van der Waals surface area contributed by atoms with Crippen molar-refractivity contribution in [1.82, 2.24) is 25.1 Å². The summed E-state index contributed by atoms with van der Waals surface area (Å²) in [5, 5.41) is 5.88. The number of aromatic nitrogens is 2. The van der Waals surface area contributed by atoms with Crippen LogP contribution < -0.4 is 16.2 Å². The molecule has 8 heteroatoms. The minimum absolute atomic E-state index is 0.101. The van der Waals surface area contributed by atoms with Crippen LogP contribution in [0, 0.1) is 0 Å². The first-order chi connectivity index (χ1) is 14.6. The molecule has 0 bridgehead atoms. The van der Waals surface area contributed by atoms with E-state index in [0.717, 1.165) is 19.5 Å². The number of carbonyl (C=O) groups is 2. The largest absolute Gasteiger partial charge is 0.355 e. The number of piperidine rings is 1. The van der Waals surface area contributed by atoms with Crippen molar-refractivity contribution < 1.29 is 9.59 Å². The first-order valence-corrected chi connectivity index (χ1v) is 10.8. The lowest BCUT2D eigenvalue weighted by atomic mass is 10.00. The number of para-hydroxylation sites is 1. The van der Waals surface area contributed by atoms with Crippen molar-refractivity contribution in [3.05, 3.63) is 40.9 Å². The van der Waals surface area contributed by atoms with Gasteiger partial charge in [-0.15, -0.1) is 0 Å². The predicted octanol–water partition coefficient (Wildman–Crippen LogP) is 1.28. The second-order valence-corrected chi connectivity index (χ2v) is 7.77. The van der Waals surface area contributed by atoms with Crippen LogP contribution >= 0.6 is 0 Å². The lowest BCUT2D eigenvalue weighted by Crippen LogP contribution is -2.42. The molecule has 0 aliphatic carbocycles. The molecule has 8 nitrogen and oxygen atoms in total. The summed E-state index contributed by atoms with van der Waals surface area (Å²) in [6.07, 6.45) is 7.26. The summed E-state index contributed by atoms with van der Waals surface area (Å²) >= 11 is 0. The number of amides is 2. The number of hydrogen-bond acceptors (Lipinski definition) is 5. The molecule has 2 aromatic rings. The molecule has 1 aromatic carbocycles. The van der Waals surface area contributed by atoms with E-state index >= 15 is 0 Å². The summed E-state index contributed by atoms with van der Waals surface area (Å²) in [7, 11) is 0. The number of benzene rings is 1. The number of carbonyl (C=O) groups excluding carboxylic acids is 2. The maximum atomic E-state index is 12.4. The van der Waals surface area contributed by atoms with Crippen LogP contribution in [0.4, 0.5) is 0 Å². The van der Waals surface area contributed by atoms with E-state index in [-0.39, 0.29) is 24.6 Å². The van der Waals surface area contributed by atoms with Crippen LogP contribution in [0.25, 0.3) is 10.9 Å². The first kappa shape index (κ1) is 22.0. The summed E-state index contributed by atoms with van der Waals surface area (Å²) in [4.78, 5) is 43.2. The Hall–Kier alpha value is -2.74. The summed E-state index contributed by atoms with van der Waals surface area (Å²) in [6, 6.07) is 7.66. The van der Waals surface area contributed by atoms with Crippen molar-refractivity contribution in [2.75, 3.05) is 26.2 Å². The molecule has 1 aliphatic rings. The number of nitrogens with zero attached hydrogens (tertiary/aromatic N) is 3. The molecule has 0 saturated carbocycles. The van der Waals surface area contributed by atoms with Gasteiger partial charge in [0.2, 0.25) is 11.8 Å². The Morgan fingerprint density at radius 2 is 2.00 bits per heavy atom. The highest BCUT2D eigenvalue weighted by Crippen LogP contribution is 2.19. The van der Waals surface area contributed by atoms with E-state index in [0.29, 0.717) is 23.5 Å². The Balaban J connectivity index is 1.37. The van der Waals surface area contributed by atoms with E-state index < -0.39 is 5.91 Å². The van der Waals surface area contributed by atoms with Crippen molar-refractivity contribution in [1.29, 1.82) is 0 Å². The van der Waals surface area contributed by atoms with Crippen LogP contribution in [0.5, 0.6) is 0 Å². The average Bonchev–Trinajstić information content (AvgIpc) is 2.77. The van der Waals surface area contributed by atoms with E-state index in [4.69, 9.17) is 0 Å². The van der Waals surface area contributed by atoms with Crippen LogP contribution in [0.1, 0.15) is 39.0 Å². The van der Waals surface area contributed by atoms with Crippen molar-refractivity contribution in [2.24, 2.45) is 0 Å². The molecular weight excluding hydrogens is 382 g/mol. The topological polar surface area (TPSA) is 96.3 Å². The van der Waals surface area contributed by atoms with Crippen LogP contribution in [-0.2, 0) is 16.1 Å². The maximum absolute atomic E-state index is 12.4. The summed E-state index contributed by atoms with van der Waals surface area (Å²) in [5.74, 6) is -0.624. The van der Waals surface area contributed by atoms with E-state index in [2.05, 4.69) is 27.4 Å². The molecule has 1 aromatic heterocycles. The van der Waals surface area contributed by atoms with E-state index in [1.807, 2.05) is 0 Å². The molecular formula is C22H31N5O3. The number of rotatable bonds is 9. The normalized spacial score (nSPS) is 17.0. The fourth-order valence-electron chi connectivity index (χ4n) is 4.00. The van der Waals surface area contributed by atoms with Gasteiger partial charge >= 0.3 is 0 Å². The SMILES string of the molecule is CCC1CCCCN1CCCNC(=O)CNC(=O)Cn1cnc2ccccc2c1=O. The van der Waals surface area contributed by atoms with E-state index in [1.165, 1.54) is 36.6 Å². The zero-order chi connectivity index (χ0) is 21.3. The fourth-order valence-corrected chi connectivity index (χ4v) is 4.00. The summed E-state index contributed by atoms with van der Waals surface area (Å²) in [5.41, 5.74) is 0.316. The molecule has 0 spiro atoms. The Morgan fingerprint density at radius 3 is 2.83 bits per heavy atom. The smallest absolute Gasteiger partial charge is 0.261 e. The molecule has 30 heavy (non-hydrogen) atoms. The summed E-state index contributed by atoms with van der Waals surface area (Å²) < 4.78 is 1.25. The van der Waals surface area contributed by atoms with E-state index in [1.54, 1.807) is 24.3 Å². The number of likely N-dealkylation sites (tertiary alicyclic amines) is 1. The minimum Gasteiger partial charge on any atom is -0.355 e. The predicted molar refractivity (Wildman–Crippen MR) is 116 cm³/mol. The second kappa shape index (κ2) is 10.9. The molecule has 1 saturated heterocycles.